The molecule has 1 fully saturated rings. The molecule has 4 nitrogen and oxygen atoms in total. The van der Waals surface area contributed by atoms with E-state index >= 15 is 0 Å². The molecule has 0 saturated carbocycles. The molecule has 2 unspecified atom stereocenters. The van der Waals surface area contributed by atoms with E-state index in [-0.39, 0.29) is 0 Å². The average molecular weight is 180 g/mol. The lowest BCUT2D eigenvalue weighted by molar-refractivity contribution is 0.458. The van der Waals surface area contributed by atoms with E-state index in [1.807, 2.05) is 6.33 Å². The van der Waals surface area contributed by atoms with Gasteiger partial charge in [-0.2, -0.15) is 0 Å². The number of aryl methyl sites for hydroxylation is 1. The van der Waals surface area contributed by atoms with Crippen molar-refractivity contribution in [1.29, 1.82) is 0 Å². The molecule has 0 aliphatic carbocycles. The summed E-state index contributed by atoms with van der Waals surface area (Å²) in [6.07, 6.45) is 3.04. The Morgan fingerprint density at radius 3 is 3.15 bits per heavy atom. The maximum absolute atomic E-state index is 4.17. The molecule has 1 aliphatic heterocycles. The lowest BCUT2D eigenvalue weighted by Crippen LogP contribution is -2.20. The molecular formula is C9H16N4. The Morgan fingerprint density at radius 1 is 1.69 bits per heavy atom. The molecule has 2 rings (SSSR count). The molecule has 0 bridgehead atoms. The van der Waals surface area contributed by atoms with Gasteiger partial charge in [-0.1, -0.05) is 6.92 Å². The molecule has 1 aromatic heterocycles. The molecular weight excluding hydrogens is 164 g/mol. The fourth-order valence-corrected chi connectivity index (χ4v) is 1.93. The number of aromatic nitrogens is 3. The Hall–Kier alpha value is -0.900. The Labute approximate surface area is 78.4 Å². The molecule has 4 heteroatoms. The van der Waals surface area contributed by atoms with Crippen LogP contribution in [0.5, 0.6) is 0 Å². The Bertz CT molecular complexity index is 281. The summed E-state index contributed by atoms with van der Waals surface area (Å²) in [5.41, 5.74) is 0. The van der Waals surface area contributed by atoms with Crippen molar-refractivity contribution >= 4 is 0 Å². The molecule has 1 saturated heterocycles. The van der Waals surface area contributed by atoms with Gasteiger partial charge >= 0.3 is 0 Å². The minimum atomic E-state index is 0.405. The molecule has 0 amide bonds. The molecule has 0 radical (unpaired) electrons. The Balaban J connectivity index is 2.23. The van der Waals surface area contributed by atoms with Crippen molar-refractivity contribution < 1.29 is 0 Å². The molecule has 0 aromatic carbocycles. The van der Waals surface area contributed by atoms with Gasteiger partial charge in [0.2, 0.25) is 0 Å². The summed E-state index contributed by atoms with van der Waals surface area (Å²) >= 11 is 0. The minimum Gasteiger partial charge on any atom is -0.317 e. The molecule has 1 aliphatic rings. The van der Waals surface area contributed by atoms with Crippen LogP contribution in [0.15, 0.2) is 6.33 Å². The van der Waals surface area contributed by atoms with Gasteiger partial charge in [-0.25, -0.2) is 0 Å². The lowest BCUT2D eigenvalue weighted by atomic mass is 10.0. The smallest absolute Gasteiger partial charge is 0.150 e. The summed E-state index contributed by atoms with van der Waals surface area (Å²) in [6.45, 7) is 6.43. The van der Waals surface area contributed by atoms with Crippen LogP contribution in [0, 0.1) is 5.92 Å². The first-order valence-electron chi connectivity index (χ1n) is 4.94. The zero-order chi connectivity index (χ0) is 9.26. The van der Waals surface area contributed by atoms with Gasteiger partial charge in [0, 0.05) is 6.54 Å². The number of rotatable bonds is 2. The molecule has 1 aromatic rings. The van der Waals surface area contributed by atoms with E-state index in [1.54, 1.807) is 0 Å². The first-order valence-corrected chi connectivity index (χ1v) is 4.94. The molecule has 72 valence electrons. The standard InChI is InChI=1S/C9H16N4/c1-3-13-6-11-12-9(13)8-7(2)4-5-10-8/h6-8,10H,3-5H2,1-2H3. The van der Waals surface area contributed by atoms with Crippen LogP contribution in [-0.2, 0) is 6.54 Å². The third kappa shape index (κ3) is 1.46. The number of hydrogen-bond donors (Lipinski definition) is 1. The summed E-state index contributed by atoms with van der Waals surface area (Å²) in [7, 11) is 0. The van der Waals surface area contributed by atoms with Gasteiger partial charge in [-0.15, -0.1) is 10.2 Å². The molecule has 1 N–H and O–H groups in total. The van der Waals surface area contributed by atoms with Crippen LogP contribution in [0.2, 0.25) is 0 Å². The Kier molecular flexibility index (Phi) is 2.31. The topological polar surface area (TPSA) is 42.7 Å². The van der Waals surface area contributed by atoms with E-state index in [2.05, 4.69) is 33.9 Å². The largest absolute Gasteiger partial charge is 0.317 e. The van der Waals surface area contributed by atoms with Gasteiger partial charge in [0.05, 0.1) is 6.04 Å². The van der Waals surface area contributed by atoms with Crippen molar-refractivity contribution in [2.45, 2.75) is 32.9 Å². The molecule has 2 atom stereocenters. The molecule has 13 heavy (non-hydrogen) atoms. The second kappa shape index (κ2) is 3.46. The van der Waals surface area contributed by atoms with Crippen molar-refractivity contribution in [3.05, 3.63) is 12.2 Å². The third-order valence-corrected chi connectivity index (χ3v) is 2.80. The van der Waals surface area contributed by atoms with Crippen LogP contribution < -0.4 is 5.32 Å². The second-order valence-corrected chi connectivity index (χ2v) is 3.67. The van der Waals surface area contributed by atoms with E-state index in [4.69, 9.17) is 0 Å². The SMILES string of the molecule is CCn1cnnc1C1NCCC1C. The minimum absolute atomic E-state index is 0.405. The average Bonchev–Trinajstić information content (AvgIpc) is 2.71. The summed E-state index contributed by atoms with van der Waals surface area (Å²) in [5.74, 6) is 1.77. The first kappa shape index (κ1) is 8.69. The zero-order valence-electron chi connectivity index (χ0n) is 8.20. The highest BCUT2D eigenvalue weighted by Crippen LogP contribution is 2.27. The number of hydrogen-bond acceptors (Lipinski definition) is 3. The normalized spacial score (nSPS) is 28.2. The highest BCUT2D eigenvalue weighted by molar-refractivity contribution is 5.00. The predicted octanol–water partition coefficient (Wildman–Crippen LogP) is 0.968. The highest BCUT2D eigenvalue weighted by atomic mass is 15.3. The van der Waals surface area contributed by atoms with E-state index in [1.165, 1.54) is 6.42 Å². The molecule has 0 spiro atoms. The van der Waals surface area contributed by atoms with E-state index in [0.29, 0.717) is 12.0 Å². The zero-order valence-corrected chi connectivity index (χ0v) is 8.20. The lowest BCUT2D eigenvalue weighted by Gasteiger charge is -2.14. The highest BCUT2D eigenvalue weighted by Gasteiger charge is 2.27. The Morgan fingerprint density at radius 2 is 2.54 bits per heavy atom. The summed E-state index contributed by atoms with van der Waals surface area (Å²) in [5, 5.41) is 11.6. The van der Waals surface area contributed by atoms with Crippen molar-refractivity contribution in [2.24, 2.45) is 5.92 Å². The molecule has 2 heterocycles. The van der Waals surface area contributed by atoms with Crippen LogP contribution >= 0.6 is 0 Å². The predicted molar refractivity (Wildman–Crippen MR) is 50.2 cm³/mol. The number of nitrogens with zero attached hydrogens (tertiary/aromatic N) is 3. The van der Waals surface area contributed by atoms with Gasteiger partial charge in [0.25, 0.3) is 0 Å². The van der Waals surface area contributed by atoms with Crippen molar-refractivity contribution in [1.82, 2.24) is 20.1 Å². The van der Waals surface area contributed by atoms with E-state index < -0.39 is 0 Å². The van der Waals surface area contributed by atoms with Crippen LogP contribution in [0.3, 0.4) is 0 Å². The maximum Gasteiger partial charge on any atom is 0.150 e. The van der Waals surface area contributed by atoms with Gasteiger partial charge in [-0.3, -0.25) is 0 Å². The quantitative estimate of drug-likeness (QED) is 0.737. The van der Waals surface area contributed by atoms with Gasteiger partial charge in [-0.05, 0) is 25.8 Å². The fourth-order valence-electron chi connectivity index (χ4n) is 1.93. The van der Waals surface area contributed by atoms with Crippen molar-refractivity contribution in [2.75, 3.05) is 6.54 Å². The number of nitrogens with one attached hydrogen (secondary N) is 1. The fraction of sp³-hybridized carbons (Fsp3) is 0.778. The van der Waals surface area contributed by atoms with Gasteiger partial charge < -0.3 is 9.88 Å². The van der Waals surface area contributed by atoms with Crippen molar-refractivity contribution in [3.63, 3.8) is 0 Å². The maximum atomic E-state index is 4.17. The second-order valence-electron chi connectivity index (χ2n) is 3.67. The monoisotopic (exact) mass is 180 g/mol. The summed E-state index contributed by atoms with van der Waals surface area (Å²) < 4.78 is 2.11. The summed E-state index contributed by atoms with van der Waals surface area (Å²) in [4.78, 5) is 0. The van der Waals surface area contributed by atoms with Gasteiger partial charge in [0.15, 0.2) is 0 Å². The van der Waals surface area contributed by atoms with Crippen molar-refractivity contribution in [3.8, 4) is 0 Å². The van der Waals surface area contributed by atoms with Crippen LogP contribution in [-0.4, -0.2) is 21.3 Å². The van der Waals surface area contributed by atoms with E-state index in [0.717, 1.165) is 18.9 Å². The van der Waals surface area contributed by atoms with Crippen LogP contribution in [0.4, 0.5) is 0 Å². The van der Waals surface area contributed by atoms with Crippen LogP contribution in [0.1, 0.15) is 32.1 Å². The first-order chi connectivity index (χ1) is 6.33. The van der Waals surface area contributed by atoms with Crippen LogP contribution in [0.25, 0.3) is 0 Å². The third-order valence-electron chi connectivity index (χ3n) is 2.80. The summed E-state index contributed by atoms with van der Waals surface area (Å²) in [6, 6.07) is 0.405. The van der Waals surface area contributed by atoms with E-state index in [9.17, 15) is 0 Å². The van der Waals surface area contributed by atoms with Gasteiger partial charge in [0.1, 0.15) is 12.2 Å².